The summed E-state index contributed by atoms with van der Waals surface area (Å²) >= 11 is 0. The molecule has 1 aromatic carbocycles. The largest absolute Gasteiger partial charge is 0.373 e. The van der Waals surface area contributed by atoms with Crippen LogP contribution in [0.15, 0.2) is 29.3 Å². The summed E-state index contributed by atoms with van der Waals surface area (Å²) in [6.07, 6.45) is 4.31. The molecule has 25 heavy (non-hydrogen) atoms. The molecule has 2 heterocycles. The van der Waals surface area contributed by atoms with Crippen LogP contribution in [0.1, 0.15) is 37.3 Å². The monoisotopic (exact) mass is 458 g/mol. The van der Waals surface area contributed by atoms with Gasteiger partial charge in [-0.25, -0.2) is 0 Å². The maximum atomic E-state index is 5.91. The molecule has 0 spiro atoms. The van der Waals surface area contributed by atoms with Gasteiger partial charge in [0.05, 0.1) is 18.2 Å². The molecule has 3 rings (SSSR count). The van der Waals surface area contributed by atoms with Crippen molar-refractivity contribution in [2.24, 2.45) is 4.99 Å². The molecule has 0 aliphatic carbocycles. The fraction of sp³-hybridized carbons (Fsp3) is 0.632. The van der Waals surface area contributed by atoms with E-state index in [1.54, 1.807) is 0 Å². The lowest BCUT2D eigenvalue weighted by atomic mass is 9.96. The third kappa shape index (κ3) is 5.56. The van der Waals surface area contributed by atoms with E-state index in [1.807, 2.05) is 7.05 Å². The normalized spacial score (nSPS) is 25.1. The second-order valence-electron chi connectivity index (χ2n) is 6.94. The van der Waals surface area contributed by atoms with E-state index in [-0.39, 0.29) is 24.0 Å². The van der Waals surface area contributed by atoms with Crippen LogP contribution in [0.5, 0.6) is 0 Å². The molecule has 2 aliphatic rings. The lowest BCUT2D eigenvalue weighted by Gasteiger charge is -2.22. The lowest BCUT2D eigenvalue weighted by Crippen LogP contribution is -2.47. The fourth-order valence-corrected chi connectivity index (χ4v) is 3.61. The number of aliphatic imine (C=N–C) groups is 1. The molecule has 5 nitrogen and oxygen atoms in total. The molecule has 0 saturated carbocycles. The summed E-state index contributed by atoms with van der Waals surface area (Å²) in [6, 6.07) is 9.16. The number of ether oxygens (including phenoxy) is 1. The second kappa shape index (κ2) is 9.73. The van der Waals surface area contributed by atoms with E-state index in [1.165, 1.54) is 24.0 Å². The number of hydrogen-bond acceptors (Lipinski definition) is 3. The maximum Gasteiger partial charge on any atom is 0.191 e. The number of rotatable bonds is 6. The molecule has 2 bridgehead atoms. The van der Waals surface area contributed by atoms with Gasteiger partial charge in [0.15, 0.2) is 5.96 Å². The molecule has 1 aromatic rings. The SMILES string of the molecule is CCN(C)Cc1cccc(CNC(=NC)NC2CC3CCC2O3)c1.I. The predicted octanol–water partition coefficient (Wildman–Crippen LogP) is 2.74. The Morgan fingerprint density at radius 1 is 1.32 bits per heavy atom. The van der Waals surface area contributed by atoms with Crippen molar-refractivity contribution in [1.29, 1.82) is 0 Å². The Balaban J connectivity index is 0.00000225. The predicted molar refractivity (Wildman–Crippen MR) is 113 cm³/mol. The van der Waals surface area contributed by atoms with Gasteiger partial charge in [-0.15, -0.1) is 24.0 Å². The van der Waals surface area contributed by atoms with Gasteiger partial charge >= 0.3 is 0 Å². The summed E-state index contributed by atoms with van der Waals surface area (Å²) in [5.41, 5.74) is 2.63. The molecule has 6 heteroatoms. The number of hydrogen-bond donors (Lipinski definition) is 2. The zero-order chi connectivity index (χ0) is 16.9. The van der Waals surface area contributed by atoms with E-state index < -0.39 is 0 Å². The van der Waals surface area contributed by atoms with Crippen LogP contribution in [0.25, 0.3) is 0 Å². The first kappa shape index (κ1) is 20.5. The highest BCUT2D eigenvalue weighted by Crippen LogP contribution is 2.34. The molecule has 0 aromatic heterocycles. The van der Waals surface area contributed by atoms with Gasteiger partial charge in [0.25, 0.3) is 0 Å². The number of nitrogens with one attached hydrogen (secondary N) is 2. The molecule has 2 N–H and O–H groups in total. The molecule has 3 unspecified atom stereocenters. The Labute approximate surface area is 168 Å². The molecule has 3 atom stereocenters. The zero-order valence-electron chi connectivity index (χ0n) is 15.5. The Bertz CT molecular complexity index is 580. The first-order valence-corrected chi connectivity index (χ1v) is 9.07. The van der Waals surface area contributed by atoms with Gasteiger partial charge in [-0.1, -0.05) is 31.2 Å². The van der Waals surface area contributed by atoms with Crippen molar-refractivity contribution in [2.75, 3.05) is 20.6 Å². The van der Waals surface area contributed by atoms with E-state index >= 15 is 0 Å². The van der Waals surface area contributed by atoms with Crippen LogP contribution in [0.4, 0.5) is 0 Å². The first-order chi connectivity index (χ1) is 11.7. The van der Waals surface area contributed by atoms with Crippen molar-refractivity contribution in [3.05, 3.63) is 35.4 Å². The van der Waals surface area contributed by atoms with E-state index in [9.17, 15) is 0 Å². The third-order valence-electron chi connectivity index (χ3n) is 5.10. The van der Waals surface area contributed by atoms with Gasteiger partial charge in [-0.05, 0) is 44.0 Å². The van der Waals surface area contributed by atoms with Crippen LogP contribution in [-0.4, -0.2) is 49.7 Å². The number of nitrogens with zero attached hydrogens (tertiary/aromatic N) is 2. The molecule has 2 fully saturated rings. The summed E-state index contributed by atoms with van der Waals surface area (Å²) in [7, 11) is 3.98. The molecule has 140 valence electrons. The van der Waals surface area contributed by atoms with E-state index in [0.717, 1.165) is 32.0 Å². The summed E-state index contributed by atoms with van der Waals surface area (Å²) in [4.78, 5) is 6.67. The van der Waals surface area contributed by atoms with E-state index in [0.29, 0.717) is 18.2 Å². The molecule has 2 saturated heterocycles. The Hall–Kier alpha value is -0.860. The Morgan fingerprint density at radius 3 is 2.76 bits per heavy atom. The van der Waals surface area contributed by atoms with Crippen LogP contribution >= 0.6 is 24.0 Å². The van der Waals surface area contributed by atoms with Crippen molar-refractivity contribution < 1.29 is 4.74 Å². The quantitative estimate of drug-likeness (QED) is 0.391. The highest BCUT2D eigenvalue weighted by Gasteiger charge is 2.41. The number of benzene rings is 1. The minimum absolute atomic E-state index is 0. The van der Waals surface area contributed by atoms with Gasteiger partial charge in [0.1, 0.15) is 0 Å². The average molecular weight is 458 g/mol. The first-order valence-electron chi connectivity index (χ1n) is 9.07. The topological polar surface area (TPSA) is 48.9 Å². The van der Waals surface area contributed by atoms with Gasteiger partial charge in [0.2, 0.25) is 0 Å². The standard InChI is InChI=1S/C19H30N4O.HI/c1-4-23(3)13-15-7-5-6-14(10-15)12-21-19(20-2)22-17-11-16-8-9-18(17)24-16;/h5-7,10,16-18H,4,8-9,11-13H2,1-3H3,(H2,20,21,22);1H. The van der Waals surface area contributed by atoms with Crippen molar-refractivity contribution in [1.82, 2.24) is 15.5 Å². The highest BCUT2D eigenvalue weighted by molar-refractivity contribution is 14.0. The maximum absolute atomic E-state index is 5.91. The molecule has 2 aliphatic heterocycles. The summed E-state index contributed by atoms with van der Waals surface area (Å²) in [6.45, 7) is 5.01. The summed E-state index contributed by atoms with van der Waals surface area (Å²) in [5.74, 6) is 0.868. The van der Waals surface area contributed by atoms with Crippen LogP contribution in [0, 0.1) is 0 Å². The number of halogens is 1. The number of fused-ring (bicyclic) bond motifs is 2. The Morgan fingerprint density at radius 2 is 2.12 bits per heavy atom. The Kier molecular flexibility index (Phi) is 7.96. The van der Waals surface area contributed by atoms with Crippen LogP contribution < -0.4 is 10.6 Å². The van der Waals surface area contributed by atoms with Crippen LogP contribution in [-0.2, 0) is 17.8 Å². The highest BCUT2D eigenvalue weighted by atomic mass is 127. The summed E-state index contributed by atoms with van der Waals surface area (Å²) < 4.78 is 5.91. The van der Waals surface area contributed by atoms with Gasteiger partial charge in [-0.3, -0.25) is 4.99 Å². The van der Waals surface area contributed by atoms with Crippen molar-refractivity contribution in [3.8, 4) is 0 Å². The number of guanidine groups is 1. The van der Waals surface area contributed by atoms with Crippen LogP contribution in [0.2, 0.25) is 0 Å². The zero-order valence-corrected chi connectivity index (χ0v) is 17.8. The molecular formula is C19H31IN4O. The average Bonchev–Trinajstić information content (AvgIpc) is 3.21. The van der Waals surface area contributed by atoms with Gasteiger partial charge in [-0.2, -0.15) is 0 Å². The van der Waals surface area contributed by atoms with Crippen molar-refractivity contribution in [2.45, 2.75) is 57.5 Å². The van der Waals surface area contributed by atoms with Crippen molar-refractivity contribution >= 4 is 29.9 Å². The van der Waals surface area contributed by atoms with Gasteiger partial charge in [0, 0.05) is 20.1 Å². The summed E-state index contributed by atoms with van der Waals surface area (Å²) in [5, 5.41) is 6.97. The fourth-order valence-electron chi connectivity index (χ4n) is 3.61. The second-order valence-corrected chi connectivity index (χ2v) is 6.94. The molecule has 0 radical (unpaired) electrons. The molecule has 0 amide bonds. The third-order valence-corrected chi connectivity index (χ3v) is 5.10. The van der Waals surface area contributed by atoms with E-state index in [2.05, 4.69) is 58.8 Å². The molecular weight excluding hydrogens is 427 g/mol. The smallest absolute Gasteiger partial charge is 0.191 e. The minimum Gasteiger partial charge on any atom is -0.373 e. The van der Waals surface area contributed by atoms with E-state index in [4.69, 9.17) is 4.74 Å². The van der Waals surface area contributed by atoms with Crippen molar-refractivity contribution in [3.63, 3.8) is 0 Å². The lowest BCUT2D eigenvalue weighted by molar-refractivity contribution is 0.0992. The minimum atomic E-state index is 0. The van der Waals surface area contributed by atoms with Crippen LogP contribution in [0.3, 0.4) is 0 Å². The van der Waals surface area contributed by atoms with Gasteiger partial charge < -0.3 is 20.3 Å².